The largest absolute Gasteiger partial charge is 0.488 e. The maximum Gasteiger partial charge on any atom is 0.226 e. The van der Waals surface area contributed by atoms with Crippen LogP contribution in [-0.4, -0.2) is 46.2 Å². The zero-order valence-corrected chi connectivity index (χ0v) is 17.2. The molecule has 1 saturated heterocycles. The summed E-state index contributed by atoms with van der Waals surface area (Å²) in [6.07, 6.45) is 2.75. The molecule has 7 heteroatoms. The molecule has 0 bridgehead atoms. The van der Waals surface area contributed by atoms with Crippen molar-refractivity contribution in [3.8, 4) is 17.2 Å². The second-order valence-corrected chi connectivity index (χ2v) is 8.12. The maximum atomic E-state index is 11.6. The lowest BCUT2D eigenvalue weighted by atomic mass is 10.0. The number of oxazole rings is 1. The summed E-state index contributed by atoms with van der Waals surface area (Å²) in [6.45, 7) is 1.90. The first-order valence-electron chi connectivity index (χ1n) is 10.6. The minimum absolute atomic E-state index is 0.0290. The number of rotatable bonds is 5. The molecule has 0 radical (unpaired) electrons. The number of ether oxygens (including phenoxy) is 1. The van der Waals surface area contributed by atoms with Crippen LogP contribution in [-0.2, 0) is 17.8 Å². The summed E-state index contributed by atoms with van der Waals surface area (Å²) in [5, 5.41) is 13.6. The molecule has 3 aromatic rings. The van der Waals surface area contributed by atoms with Crippen LogP contribution in [0.1, 0.15) is 24.1 Å². The fraction of sp³-hybridized carbons (Fsp3) is 0.333. The summed E-state index contributed by atoms with van der Waals surface area (Å²) in [4.78, 5) is 18.4. The Morgan fingerprint density at radius 1 is 1.19 bits per heavy atom. The highest BCUT2D eigenvalue weighted by Crippen LogP contribution is 2.29. The number of nitrogens with one attached hydrogen (secondary N) is 1. The monoisotopic (exact) mass is 419 g/mol. The summed E-state index contributed by atoms with van der Waals surface area (Å²) < 4.78 is 11.7. The molecule has 1 fully saturated rings. The molecule has 2 aliphatic rings. The number of hydrogen-bond donors (Lipinski definition) is 2. The van der Waals surface area contributed by atoms with Crippen molar-refractivity contribution in [2.45, 2.75) is 38.0 Å². The van der Waals surface area contributed by atoms with E-state index in [1.54, 1.807) is 6.26 Å². The zero-order valence-electron chi connectivity index (χ0n) is 17.2. The van der Waals surface area contributed by atoms with Gasteiger partial charge in [-0.1, -0.05) is 24.3 Å². The fourth-order valence-electron chi connectivity index (χ4n) is 4.18. The first-order chi connectivity index (χ1) is 15.1. The van der Waals surface area contributed by atoms with Crippen LogP contribution >= 0.6 is 0 Å². The van der Waals surface area contributed by atoms with E-state index in [0.29, 0.717) is 37.6 Å². The topological polar surface area (TPSA) is 87.8 Å². The Morgan fingerprint density at radius 2 is 2.06 bits per heavy atom. The smallest absolute Gasteiger partial charge is 0.226 e. The van der Waals surface area contributed by atoms with E-state index >= 15 is 0 Å². The number of anilines is 1. The van der Waals surface area contributed by atoms with Crippen molar-refractivity contribution in [3.05, 3.63) is 66.1 Å². The van der Waals surface area contributed by atoms with E-state index in [-0.39, 0.29) is 12.0 Å². The van der Waals surface area contributed by atoms with Gasteiger partial charge in [-0.3, -0.25) is 9.69 Å². The van der Waals surface area contributed by atoms with Gasteiger partial charge in [-0.15, -0.1) is 0 Å². The highest BCUT2D eigenvalue weighted by Gasteiger charge is 2.30. The minimum Gasteiger partial charge on any atom is -0.488 e. The Labute approximate surface area is 180 Å². The van der Waals surface area contributed by atoms with Crippen LogP contribution in [0.15, 0.2) is 59.2 Å². The summed E-state index contributed by atoms with van der Waals surface area (Å²) >= 11 is 0. The second kappa shape index (κ2) is 8.53. The number of aliphatic hydroxyl groups is 1. The van der Waals surface area contributed by atoms with Gasteiger partial charge in [0, 0.05) is 43.4 Å². The molecule has 160 valence electrons. The Hall–Kier alpha value is -3.16. The standard InChI is InChI=1S/C24H25N3O4/c28-21-14-27(13-18-15-30-24(25-18)17-4-2-1-3-5-17)11-10-22(21)31-19-8-6-16-7-9-23(29)26-20(16)12-19/h1-6,8,12,15,21-22,28H,7,9-11,13-14H2,(H,26,29)/t21-,22-/m1/s1. The van der Waals surface area contributed by atoms with Crippen LogP contribution in [0.25, 0.3) is 11.5 Å². The average Bonchev–Trinajstić information content (AvgIpc) is 3.24. The SMILES string of the molecule is O=C1CCc2ccc(O[C@@H]3CCN(Cc4coc(-c5ccccc5)n4)C[C@H]3O)cc2N1. The summed E-state index contributed by atoms with van der Waals surface area (Å²) in [7, 11) is 0. The number of benzene rings is 2. The van der Waals surface area contributed by atoms with E-state index in [1.165, 1.54) is 0 Å². The van der Waals surface area contributed by atoms with E-state index < -0.39 is 6.10 Å². The number of likely N-dealkylation sites (tertiary alicyclic amines) is 1. The van der Waals surface area contributed by atoms with Gasteiger partial charge in [-0.25, -0.2) is 4.98 Å². The molecule has 3 heterocycles. The minimum atomic E-state index is -0.611. The van der Waals surface area contributed by atoms with Crippen molar-refractivity contribution in [1.82, 2.24) is 9.88 Å². The third kappa shape index (κ3) is 4.47. The van der Waals surface area contributed by atoms with Crippen molar-refractivity contribution < 1.29 is 19.1 Å². The molecular formula is C24H25N3O4. The molecule has 0 aliphatic carbocycles. The molecule has 7 nitrogen and oxygen atoms in total. The molecule has 1 aromatic heterocycles. The van der Waals surface area contributed by atoms with Gasteiger partial charge in [0.15, 0.2) is 0 Å². The van der Waals surface area contributed by atoms with Crippen LogP contribution in [0, 0.1) is 0 Å². The zero-order chi connectivity index (χ0) is 21.2. The predicted octanol–water partition coefficient (Wildman–Crippen LogP) is 3.24. The molecule has 31 heavy (non-hydrogen) atoms. The number of aliphatic hydroxyl groups excluding tert-OH is 1. The van der Waals surface area contributed by atoms with Crippen molar-refractivity contribution in [3.63, 3.8) is 0 Å². The van der Waals surface area contributed by atoms with E-state index in [9.17, 15) is 9.90 Å². The van der Waals surface area contributed by atoms with Crippen molar-refractivity contribution in [2.24, 2.45) is 0 Å². The van der Waals surface area contributed by atoms with Crippen LogP contribution in [0.2, 0.25) is 0 Å². The molecule has 2 aromatic carbocycles. The fourth-order valence-corrected chi connectivity index (χ4v) is 4.18. The van der Waals surface area contributed by atoms with Gasteiger partial charge in [0.05, 0.1) is 5.69 Å². The van der Waals surface area contributed by atoms with Gasteiger partial charge in [0.25, 0.3) is 0 Å². The number of aromatic nitrogens is 1. The first-order valence-corrected chi connectivity index (χ1v) is 10.6. The van der Waals surface area contributed by atoms with Crippen LogP contribution in [0.3, 0.4) is 0 Å². The normalized spacial score (nSPS) is 21.4. The third-order valence-electron chi connectivity index (χ3n) is 5.83. The lowest BCUT2D eigenvalue weighted by Crippen LogP contribution is -2.48. The molecule has 1 amide bonds. The number of fused-ring (bicyclic) bond motifs is 1. The molecule has 0 spiro atoms. The molecule has 2 atom stereocenters. The number of carbonyl (C=O) groups is 1. The van der Waals surface area contributed by atoms with Gasteiger partial charge >= 0.3 is 0 Å². The van der Waals surface area contributed by atoms with Crippen LogP contribution in [0.5, 0.6) is 5.75 Å². The van der Waals surface area contributed by atoms with Crippen molar-refractivity contribution in [1.29, 1.82) is 0 Å². The van der Waals surface area contributed by atoms with Gasteiger partial charge in [-0.2, -0.15) is 0 Å². The van der Waals surface area contributed by atoms with Crippen molar-refractivity contribution >= 4 is 11.6 Å². The Bertz CT molecular complexity index is 1070. The number of carbonyl (C=O) groups excluding carboxylic acids is 1. The summed E-state index contributed by atoms with van der Waals surface area (Å²) in [5.74, 6) is 1.30. The van der Waals surface area contributed by atoms with E-state index in [0.717, 1.165) is 35.5 Å². The average molecular weight is 419 g/mol. The number of aryl methyl sites for hydroxylation is 1. The number of hydrogen-bond acceptors (Lipinski definition) is 6. The van der Waals surface area contributed by atoms with Gasteiger partial charge in [0.1, 0.15) is 24.2 Å². The van der Waals surface area contributed by atoms with E-state index in [1.807, 2.05) is 48.5 Å². The first kappa shape index (κ1) is 19.8. The van der Waals surface area contributed by atoms with Gasteiger partial charge in [0.2, 0.25) is 11.8 Å². The quantitative estimate of drug-likeness (QED) is 0.660. The van der Waals surface area contributed by atoms with Gasteiger partial charge < -0.3 is 19.6 Å². The number of amides is 1. The van der Waals surface area contributed by atoms with Gasteiger partial charge in [-0.05, 0) is 36.6 Å². The second-order valence-electron chi connectivity index (χ2n) is 8.12. The number of β-amino-alcohol motifs (C(OH)–C–C–N with tert-alkyl or cyclic N) is 1. The number of piperidine rings is 1. The molecule has 2 N–H and O–H groups in total. The summed E-state index contributed by atoms with van der Waals surface area (Å²) in [6, 6.07) is 15.6. The Morgan fingerprint density at radius 3 is 2.90 bits per heavy atom. The van der Waals surface area contributed by atoms with Crippen LogP contribution in [0.4, 0.5) is 5.69 Å². The number of nitrogens with zero attached hydrogens (tertiary/aromatic N) is 2. The highest BCUT2D eigenvalue weighted by molar-refractivity contribution is 5.94. The van der Waals surface area contributed by atoms with Crippen molar-refractivity contribution in [2.75, 3.05) is 18.4 Å². The Balaban J connectivity index is 1.18. The predicted molar refractivity (Wildman–Crippen MR) is 116 cm³/mol. The molecule has 0 unspecified atom stereocenters. The van der Waals surface area contributed by atoms with E-state index in [4.69, 9.17) is 9.15 Å². The van der Waals surface area contributed by atoms with Crippen LogP contribution < -0.4 is 10.1 Å². The highest BCUT2D eigenvalue weighted by atomic mass is 16.5. The van der Waals surface area contributed by atoms with E-state index in [2.05, 4.69) is 15.2 Å². The molecule has 0 saturated carbocycles. The lowest BCUT2D eigenvalue weighted by Gasteiger charge is -2.35. The third-order valence-corrected chi connectivity index (χ3v) is 5.83. The lowest BCUT2D eigenvalue weighted by molar-refractivity contribution is -0.116. The molecular weight excluding hydrogens is 394 g/mol. The Kier molecular flexibility index (Phi) is 5.44. The summed E-state index contributed by atoms with van der Waals surface area (Å²) in [5.41, 5.74) is 3.71. The maximum absolute atomic E-state index is 11.6. The molecule has 2 aliphatic heterocycles. The molecule has 5 rings (SSSR count).